The molecular weight excluding hydrogens is 479 g/mol. The van der Waals surface area contributed by atoms with Crippen LogP contribution in [0.3, 0.4) is 0 Å². The van der Waals surface area contributed by atoms with E-state index in [1.54, 1.807) is 37.5 Å². The number of benzene rings is 2. The summed E-state index contributed by atoms with van der Waals surface area (Å²) in [5.41, 5.74) is 1.06. The number of ether oxygens (including phenoxy) is 1. The Morgan fingerprint density at radius 3 is 2.48 bits per heavy atom. The molecule has 176 valence electrons. The van der Waals surface area contributed by atoms with Crippen molar-refractivity contribution < 1.29 is 27.5 Å². The topological polar surface area (TPSA) is 72.3 Å². The summed E-state index contributed by atoms with van der Waals surface area (Å²) in [6, 6.07) is 9.78. The molecule has 0 saturated carbocycles. The molecule has 0 radical (unpaired) electrons. The summed E-state index contributed by atoms with van der Waals surface area (Å²) in [5.74, 6) is 0.505. The third-order valence-corrected chi connectivity index (χ3v) is 5.10. The minimum absolute atomic E-state index is 0.202. The van der Waals surface area contributed by atoms with Gasteiger partial charge in [0.15, 0.2) is 0 Å². The zero-order valence-corrected chi connectivity index (χ0v) is 19.5. The van der Waals surface area contributed by atoms with Gasteiger partial charge in [0.2, 0.25) is 0 Å². The smallest absolute Gasteiger partial charge is 0.433 e. The van der Waals surface area contributed by atoms with Crippen molar-refractivity contribution in [2.24, 2.45) is 10.1 Å². The molecule has 0 aliphatic carbocycles. The molecule has 0 spiro atoms. The van der Waals surface area contributed by atoms with Crippen molar-refractivity contribution in [3.8, 4) is 5.75 Å². The maximum atomic E-state index is 12.7. The fourth-order valence-electron chi connectivity index (χ4n) is 2.37. The van der Waals surface area contributed by atoms with E-state index in [4.69, 9.17) is 16.3 Å². The summed E-state index contributed by atoms with van der Waals surface area (Å²) < 4.78 is 43.9. The van der Waals surface area contributed by atoms with Crippen LogP contribution in [-0.4, -0.2) is 37.3 Å². The lowest BCUT2D eigenvalue weighted by Gasteiger charge is -2.09. The Balaban J connectivity index is 2.00. The number of allylic oxidation sites excluding steroid dienone is 1. The molecule has 33 heavy (non-hydrogen) atoms. The van der Waals surface area contributed by atoms with Gasteiger partial charge in [-0.05, 0) is 49.6 Å². The van der Waals surface area contributed by atoms with Crippen LogP contribution in [0.4, 0.5) is 18.0 Å². The van der Waals surface area contributed by atoms with E-state index in [0.717, 1.165) is 12.1 Å². The Kier molecular flexibility index (Phi) is 9.80. The molecule has 1 N–H and O–H groups in total. The van der Waals surface area contributed by atoms with Gasteiger partial charge in [0.05, 0.1) is 16.8 Å². The zero-order chi connectivity index (χ0) is 24.4. The Morgan fingerprint density at radius 1 is 1.21 bits per heavy atom. The molecule has 2 aromatic carbocycles. The lowest BCUT2D eigenvalue weighted by molar-refractivity contribution is -0.137. The summed E-state index contributed by atoms with van der Waals surface area (Å²) >= 11 is 7.51. The molecule has 0 saturated heterocycles. The molecule has 0 aliphatic rings. The second-order valence-corrected chi connectivity index (χ2v) is 7.60. The van der Waals surface area contributed by atoms with Gasteiger partial charge in [-0.2, -0.15) is 13.2 Å². The fraction of sp³-hybridized carbons (Fsp3) is 0.227. The minimum Gasteiger partial charge on any atom is -0.489 e. The maximum Gasteiger partial charge on any atom is 0.433 e. The van der Waals surface area contributed by atoms with Gasteiger partial charge < -0.3 is 10.1 Å². The average Bonchev–Trinajstić information content (AvgIpc) is 2.78. The Hall–Kier alpha value is -2.98. The third-order valence-electron chi connectivity index (χ3n) is 4.06. The monoisotopic (exact) mass is 499 g/mol. The van der Waals surface area contributed by atoms with Crippen molar-refractivity contribution >= 4 is 40.7 Å². The SMILES string of the molecule is CNC(=O)O/N=C/c1ccc(OC/C=C(\C)N=C(SC)c2ccc(C(F)(F)F)cc2)cc1Cl. The lowest BCUT2D eigenvalue weighted by atomic mass is 10.1. The van der Waals surface area contributed by atoms with Crippen molar-refractivity contribution in [3.05, 3.63) is 76.0 Å². The summed E-state index contributed by atoms with van der Waals surface area (Å²) in [7, 11) is 1.41. The van der Waals surface area contributed by atoms with Gasteiger partial charge in [-0.3, -0.25) is 4.84 Å². The fourth-order valence-corrected chi connectivity index (χ4v) is 3.20. The molecule has 0 bridgehead atoms. The highest BCUT2D eigenvalue weighted by Gasteiger charge is 2.30. The molecule has 1 amide bonds. The molecule has 11 heteroatoms. The lowest BCUT2D eigenvalue weighted by Crippen LogP contribution is -2.16. The number of amides is 1. The Labute approximate surface area is 198 Å². The van der Waals surface area contributed by atoms with Crippen LogP contribution >= 0.6 is 23.4 Å². The number of hydrogen-bond donors (Lipinski definition) is 1. The summed E-state index contributed by atoms with van der Waals surface area (Å²) in [4.78, 5) is 20.0. The number of carbonyl (C=O) groups is 1. The highest BCUT2D eigenvalue weighted by atomic mass is 35.5. The normalized spacial score (nSPS) is 12.7. The van der Waals surface area contributed by atoms with Crippen LogP contribution in [-0.2, 0) is 11.0 Å². The molecular formula is C22H21ClF3N3O3S. The van der Waals surface area contributed by atoms with Crippen molar-refractivity contribution in [1.29, 1.82) is 0 Å². The quantitative estimate of drug-likeness (QED) is 0.215. The van der Waals surface area contributed by atoms with Gasteiger partial charge in [0, 0.05) is 23.9 Å². The van der Waals surface area contributed by atoms with Crippen LogP contribution in [0.5, 0.6) is 5.75 Å². The predicted molar refractivity (Wildman–Crippen MR) is 125 cm³/mol. The number of aliphatic imine (C=N–C) groups is 1. The molecule has 2 aromatic rings. The van der Waals surface area contributed by atoms with E-state index >= 15 is 0 Å². The van der Waals surface area contributed by atoms with Crippen LogP contribution in [0.2, 0.25) is 5.02 Å². The predicted octanol–water partition coefficient (Wildman–Crippen LogP) is 6.14. The van der Waals surface area contributed by atoms with Crippen molar-refractivity contribution in [3.63, 3.8) is 0 Å². The summed E-state index contributed by atoms with van der Waals surface area (Å²) in [5, 5.41) is 6.71. The first-order valence-electron chi connectivity index (χ1n) is 9.45. The zero-order valence-electron chi connectivity index (χ0n) is 17.9. The molecule has 0 aliphatic heterocycles. The molecule has 0 atom stereocenters. The summed E-state index contributed by atoms with van der Waals surface area (Å²) in [6.07, 6.45) is -0.246. The number of oxime groups is 1. The molecule has 0 heterocycles. The van der Waals surface area contributed by atoms with E-state index < -0.39 is 17.8 Å². The van der Waals surface area contributed by atoms with Crippen molar-refractivity contribution in [2.45, 2.75) is 13.1 Å². The molecule has 6 nitrogen and oxygen atoms in total. The molecule has 0 unspecified atom stereocenters. The van der Waals surface area contributed by atoms with E-state index in [1.165, 1.54) is 37.2 Å². The Morgan fingerprint density at radius 2 is 1.91 bits per heavy atom. The van der Waals surface area contributed by atoms with Crippen molar-refractivity contribution in [2.75, 3.05) is 19.9 Å². The second kappa shape index (κ2) is 12.3. The number of thioether (sulfide) groups is 1. The van der Waals surface area contributed by atoms with Crippen LogP contribution < -0.4 is 10.1 Å². The van der Waals surface area contributed by atoms with E-state index in [0.29, 0.717) is 32.6 Å². The van der Waals surface area contributed by atoms with E-state index in [1.807, 2.05) is 0 Å². The van der Waals surface area contributed by atoms with Crippen LogP contribution in [0, 0.1) is 0 Å². The number of hydrogen-bond acceptors (Lipinski definition) is 6. The first-order chi connectivity index (χ1) is 15.6. The second-order valence-electron chi connectivity index (χ2n) is 6.40. The van der Waals surface area contributed by atoms with Crippen molar-refractivity contribution in [1.82, 2.24) is 5.32 Å². The largest absolute Gasteiger partial charge is 0.489 e. The van der Waals surface area contributed by atoms with Gasteiger partial charge in [0.1, 0.15) is 17.4 Å². The first kappa shape index (κ1) is 26.3. The number of rotatable bonds is 7. The van der Waals surface area contributed by atoms with Gasteiger partial charge in [-0.1, -0.05) is 28.9 Å². The van der Waals surface area contributed by atoms with E-state index in [9.17, 15) is 18.0 Å². The minimum atomic E-state index is -4.38. The highest BCUT2D eigenvalue weighted by Crippen LogP contribution is 2.29. The van der Waals surface area contributed by atoms with Crippen LogP contribution in [0.1, 0.15) is 23.6 Å². The highest BCUT2D eigenvalue weighted by molar-refractivity contribution is 8.13. The molecule has 0 fully saturated rings. The maximum absolute atomic E-state index is 12.7. The number of nitrogens with zero attached hydrogens (tertiary/aromatic N) is 2. The van der Waals surface area contributed by atoms with Gasteiger partial charge in [0.25, 0.3) is 0 Å². The molecule has 2 rings (SSSR count). The molecule has 0 aromatic heterocycles. The van der Waals surface area contributed by atoms with Gasteiger partial charge in [-0.25, -0.2) is 9.79 Å². The van der Waals surface area contributed by atoms with Gasteiger partial charge >= 0.3 is 12.3 Å². The number of carbonyl (C=O) groups excluding carboxylic acids is 1. The number of halogens is 4. The van der Waals surface area contributed by atoms with Crippen LogP contribution in [0.25, 0.3) is 0 Å². The number of nitrogens with one attached hydrogen (secondary N) is 1. The van der Waals surface area contributed by atoms with E-state index in [-0.39, 0.29) is 6.61 Å². The standard InChI is InChI=1S/C22H21ClF3N3O3S/c1-14(29-20(33-3)15-4-7-17(8-5-15)22(24,25)26)10-11-31-18-9-6-16(19(23)12-18)13-28-32-21(30)27-2/h4-10,12-13H,11H2,1-3H3,(H,27,30)/b14-10+,28-13+,29-20?. The number of alkyl halides is 3. The van der Waals surface area contributed by atoms with E-state index in [2.05, 4.69) is 20.3 Å². The summed E-state index contributed by atoms with van der Waals surface area (Å²) in [6.45, 7) is 1.97. The van der Waals surface area contributed by atoms with Crippen LogP contribution in [0.15, 0.2) is 64.4 Å². The first-order valence-corrected chi connectivity index (χ1v) is 11.1. The van der Waals surface area contributed by atoms with Gasteiger partial charge in [-0.15, -0.1) is 11.8 Å². The average molecular weight is 500 g/mol. The third kappa shape index (κ3) is 8.47. The Bertz CT molecular complexity index is 1060.